The third-order valence-electron chi connectivity index (χ3n) is 6.25. The van der Waals surface area contributed by atoms with Gasteiger partial charge in [-0.25, -0.2) is 4.79 Å². The molecule has 5 rings (SSSR count). The van der Waals surface area contributed by atoms with Crippen LogP contribution < -0.4 is 5.69 Å². The molecule has 5 aromatic rings. The van der Waals surface area contributed by atoms with Crippen LogP contribution in [0.5, 0.6) is 0 Å². The van der Waals surface area contributed by atoms with Crippen molar-refractivity contribution in [1.82, 2.24) is 13.5 Å². The maximum atomic E-state index is 13.9. The number of aromatic nitrogens is 3. The first-order valence-electron chi connectivity index (χ1n) is 11.1. The average Bonchev–Trinajstić information content (AvgIpc) is 3.36. The van der Waals surface area contributed by atoms with E-state index in [-0.39, 0.29) is 18.7 Å². The van der Waals surface area contributed by atoms with Crippen molar-refractivity contribution in [3.63, 3.8) is 0 Å². The second kappa shape index (κ2) is 8.85. The van der Waals surface area contributed by atoms with Crippen LogP contribution in [-0.2, 0) is 11.3 Å². The molecule has 1 atom stereocenters. The summed E-state index contributed by atoms with van der Waals surface area (Å²) in [6, 6.07) is 19.8. The Balaban J connectivity index is 1.75. The number of nitriles is 1. The second-order valence-corrected chi connectivity index (χ2v) is 9.47. The average molecular weight is 483 g/mol. The van der Waals surface area contributed by atoms with Crippen LogP contribution in [0.15, 0.2) is 65.5 Å². The number of hydrogen-bond acceptors (Lipinski definition) is 5. The van der Waals surface area contributed by atoms with Gasteiger partial charge >= 0.3 is 11.7 Å². The predicted molar refractivity (Wildman–Crippen MR) is 136 cm³/mol. The van der Waals surface area contributed by atoms with Gasteiger partial charge in [0.1, 0.15) is 0 Å². The molecule has 0 saturated heterocycles. The molecule has 174 valence electrons. The van der Waals surface area contributed by atoms with Crippen LogP contribution in [-0.4, -0.2) is 24.6 Å². The van der Waals surface area contributed by atoms with Crippen molar-refractivity contribution in [2.45, 2.75) is 32.9 Å². The molecule has 0 aliphatic rings. The highest BCUT2D eigenvalue weighted by Gasteiger charge is 2.25. The lowest BCUT2D eigenvalue weighted by molar-refractivity contribution is -0.137. The van der Waals surface area contributed by atoms with Gasteiger partial charge in [-0.05, 0) is 66.3 Å². The van der Waals surface area contributed by atoms with Crippen LogP contribution in [0.1, 0.15) is 40.4 Å². The Hall–Kier alpha value is -4.22. The Morgan fingerprint density at radius 3 is 2.60 bits per heavy atom. The number of hydrogen-bond donors (Lipinski definition) is 1. The Bertz CT molecular complexity index is 1690. The first-order valence-corrected chi connectivity index (χ1v) is 11.9. The summed E-state index contributed by atoms with van der Waals surface area (Å²) in [7, 11) is 0. The van der Waals surface area contributed by atoms with E-state index in [0.717, 1.165) is 26.9 Å². The summed E-state index contributed by atoms with van der Waals surface area (Å²) in [4.78, 5) is 25.7. The Morgan fingerprint density at radius 2 is 1.89 bits per heavy atom. The number of aryl methyl sites for hydroxylation is 2. The predicted octanol–water partition coefficient (Wildman–Crippen LogP) is 5.01. The largest absolute Gasteiger partial charge is 0.481 e. The van der Waals surface area contributed by atoms with Crippen molar-refractivity contribution in [2.24, 2.45) is 0 Å². The topological polar surface area (TPSA) is 101 Å². The summed E-state index contributed by atoms with van der Waals surface area (Å²) in [5, 5.41) is 20.2. The summed E-state index contributed by atoms with van der Waals surface area (Å²) < 4.78 is 8.86. The van der Waals surface area contributed by atoms with Crippen LogP contribution in [0.3, 0.4) is 0 Å². The minimum Gasteiger partial charge on any atom is -0.481 e. The molecule has 0 amide bonds. The fourth-order valence-electron chi connectivity index (χ4n) is 4.78. The fraction of sp³-hybridized carbons (Fsp3) is 0.185. The van der Waals surface area contributed by atoms with E-state index >= 15 is 0 Å². The number of benzene rings is 3. The van der Waals surface area contributed by atoms with E-state index < -0.39 is 12.0 Å². The number of fused-ring (bicyclic) bond motifs is 2. The van der Waals surface area contributed by atoms with Gasteiger partial charge < -0.3 is 5.11 Å². The third kappa shape index (κ3) is 4.00. The van der Waals surface area contributed by atoms with E-state index in [0.29, 0.717) is 22.2 Å². The molecule has 2 aromatic heterocycles. The van der Waals surface area contributed by atoms with Crippen LogP contribution in [0.2, 0.25) is 0 Å². The lowest BCUT2D eigenvalue weighted by atomic mass is 10.0. The molecule has 0 spiro atoms. The molecule has 0 radical (unpaired) electrons. The molecule has 7 nitrogen and oxygen atoms in total. The molecule has 3 aromatic carbocycles. The quantitative estimate of drug-likeness (QED) is 0.366. The first-order chi connectivity index (χ1) is 16.9. The van der Waals surface area contributed by atoms with E-state index in [2.05, 4.69) is 22.6 Å². The molecular weight excluding hydrogens is 460 g/mol. The molecule has 0 aliphatic heterocycles. The Kier molecular flexibility index (Phi) is 5.71. The maximum absolute atomic E-state index is 13.9. The van der Waals surface area contributed by atoms with Crippen molar-refractivity contribution in [1.29, 1.82) is 5.26 Å². The highest BCUT2D eigenvalue weighted by Crippen LogP contribution is 2.30. The highest BCUT2D eigenvalue weighted by molar-refractivity contribution is 7.13. The summed E-state index contributed by atoms with van der Waals surface area (Å²) in [5.74, 6) is -1.01. The minimum atomic E-state index is -1.01. The van der Waals surface area contributed by atoms with Crippen molar-refractivity contribution < 1.29 is 9.90 Å². The smallest absolute Gasteiger partial charge is 0.330 e. The van der Waals surface area contributed by atoms with Gasteiger partial charge in [0.2, 0.25) is 0 Å². The van der Waals surface area contributed by atoms with E-state index in [1.807, 2.05) is 44.2 Å². The monoisotopic (exact) mass is 482 g/mol. The van der Waals surface area contributed by atoms with Gasteiger partial charge in [-0.15, -0.1) is 0 Å². The zero-order valence-electron chi connectivity index (χ0n) is 19.2. The number of carboxylic acid groups (broad SMARTS) is 1. The molecular formula is C27H22N4O3S. The molecule has 1 N–H and O–H groups in total. The molecule has 35 heavy (non-hydrogen) atoms. The van der Waals surface area contributed by atoms with Crippen molar-refractivity contribution >= 4 is 38.6 Å². The molecule has 0 saturated carbocycles. The Labute approximate surface area is 205 Å². The number of carbonyl (C=O) groups is 1. The van der Waals surface area contributed by atoms with Crippen molar-refractivity contribution in [2.75, 3.05) is 0 Å². The van der Waals surface area contributed by atoms with Gasteiger partial charge in [-0.3, -0.25) is 13.9 Å². The van der Waals surface area contributed by atoms with Gasteiger partial charge in [-0.2, -0.15) is 9.64 Å². The molecule has 8 heteroatoms. The van der Waals surface area contributed by atoms with E-state index in [4.69, 9.17) is 0 Å². The van der Waals surface area contributed by atoms with Gasteiger partial charge in [0, 0.05) is 5.39 Å². The third-order valence-corrected chi connectivity index (χ3v) is 7.08. The lowest BCUT2D eigenvalue weighted by Gasteiger charge is -2.17. The van der Waals surface area contributed by atoms with Crippen molar-refractivity contribution in [3.8, 4) is 6.07 Å². The van der Waals surface area contributed by atoms with Crippen LogP contribution in [0.25, 0.3) is 21.1 Å². The van der Waals surface area contributed by atoms with E-state index in [9.17, 15) is 20.0 Å². The number of imidazole rings is 1. The Morgan fingerprint density at radius 1 is 1.11 bits per heavy atom. The summed E-state index contributed by atoms with van der Waals surface area (Å²) in [6.45, 7) is 4.33. The lowest BCUT2D eigenvalue weighted by Crippen LogP contribution is -2.29. The van der Waals surface area contributed by atoms with Crippen molar-refractivity contribution in [3.05, 3.63) is 99.1 Å². The van der Waals surface area contributed by atoms with Gasteiger partial charge in [0.15, 0.2) is 0 Å². The van der Waals surface area contributed by atoms with Gasteiger partial charge in [0.05, 0.1) is 52.1 Å². The summed E-state index contributed by atoms with van der Waals surface area (Å²) >= 11 is 1.40. The summed E-state index contributed by atoms with van der Waals surface area (Å²) in [6.07, 6.45) is -0.266. The normalized spacial score (nSPS) is 12.1. The standard InChI is InChI=1S/C27H22N4O3S/c1-16-10-17(2)26-20(29-35-24(26)11-16)15-30-21-9-8-18(14-28)12-23(21)31(27(30)34)22(13-25(32)33)19-6-4-3-5-7-19/h3-12,22H,13,15H2,1-2H3,(H,32,33)/t22-/m1/s1. The fourth-order valence-corrected chi connectivity index (χ4v) is 5.75. The van der Waals surface area contributed by atoms with Gasteiger partial charge in [-0.1, -0.05) is 36.4 Å². The molecule has 0 bridgehead atoms. The second-order valence-electron chi connectivity index (χ2n) is 8.66. The van der Waals surface area contributed by atoms with E-state index in [1.165, 1.54) is 16.1 Å². The summed E-state index contributed by atoms with van der Waals surface area (Å²) in [5.41, 5.74) is 4.98. The highest BCUT2D eigenvalue weighted by atomic mass is 32.1. The molecule has 0 aliphatic carbocycles. The minimum absolute atomic E-state index is 0.243. The maximum Gasteiger partial charge on any atom is 0.330 e. The van der Waals surface area contributed by atoms with Crippen LogP contribution in [0.4, 0.5) is 0 Å². The number of nitrogens with zero attached hydrogens (tertiary/aromatic N) is 4. The molecule has 0 fully saturated rings. The van der Waals surface area contributed by atoms with Crippen LogP contribution in [0, 0.1) is 25.2 Å². The number of rotatable bonds is 6. The van der Waals surface area contributed by atoms with Gasteiger partial charge in [0.25, 0.3) is 0 Å². The molecule has 0 unspecified atom stereocenters. The zero-order valence-corrected chi connectivity index (χ0v) is 20.0. The molecule has 2 heterocycles. The first kappa shape index (κ1) is 22.6. The van der Waals surface area contributed by atoms with E-state index in [1.54, 1.807) is 22.8 Å². The number of carboxylic acids is 1. The number of aliphatic carboxylic acids is 1. The zero-order chi connectivity index (χ0) is 24.7. The van der Waals surface area contributed by atoms with Crippen LogP contribution >= 0.6 is 11.5 Å². The SMILES string of the molecule is Cc1cc(C)c2c(Cn3c(=O)n([C@H](CC(=O)O)c4ccccc4)c4cc(C#N)ccc43)nsc2c1.